The highest BCUT2D eigenvalue weighted by Gasteiger charge is 2.45. The number of hydrogen-bond acceptors (Lipinski definition) is 6. The molecule has 7 nitrogen and oxygen atoms in total. The zero-order chi connectivity index (χ0) is 20.8. The van der Waals surface area contributed by atoms with Crippen molar-refractivity contribution < 1.29 is 26.7 Å². The Kier molecular flexibility index (Phi) is 4.55. The molecule has 4 rings (SSSR count). The molecule has 150 valence electrons. The second-order valence-electron chi connectivity index (χ2n) is 6.19. The van der Waals surface area contributed by atoms with Crippen LogP contribution in [0.1, 0.15) is 0 Å². The molecule has 0 fully saturated rings. The minimum Gasteiger partial charge on any atom is -0.393 e. The zero-order valence-electron chi connectivity index (χ0n) is 14.7. The summed E-state index contributed by atoms with van der Waals surface area (Å²) in [5.74, 6) is -0.498. The van der Waals surface area contributed by atoms with E-state index in [1.807, 2.05) is 0 Å². The minimum atomic E-state index is -3.79. The summed E-state index contributed by atoms with van der Waals surface area (Å²) in [6, 6.07) is 7.84. The SMILES string of the molecule is CS(=O)(=O)Nc1ccc(-c2cncc(-c3ccnc4c3OC(F)(F)O4)c2)c(Cl)c1. The van der Waals surface area contributed by atoms with Gasteiger partial charge < -0.3 is 9.47 Å². The number of nitrogens with zero attached hydrogens (tertiary/aromatic N) is 2. The summed E-state index contributed by atoms with van der Waals surface area (Å²) in [4.78, 5) is 7.90. The van der Waals surface area contributed by atoms with E-state index in [-0.39, 0.29) is 16.7 Å². The lowest BCUT2D eigenvalue weighted by Crippen LogP contribution is -2.26. The first kappa shape index (κ1) is 19.3. The van der Waals surface area contributed by atoms with E-state index in [9.17, 15) is 17.2 Å². The van der Waals surface area contributed by atoms with Crippen molar-refractivity contribution in [3.8, 4) is 33.9 Å². The Bertz CT molecular complexity index is 1220. The molecule has 0 saturated carbocycles. The maximum atomic E-state index is 13.4. The third kappa shape index (κ3) is 4.08. The van der Waals surface area contributed by atoms with Crippen molar-refractivity contribution in [2.45, 2.75) is 6.29 Å². The van der Waals surface area contributed by atoms with Crippen molar-refractivity contribution >= 4 is 27.3 Å². The van der Waals surface area contributed by atoms with Crippen molar-refractivity contribution in [3.63, 3.8) is 0 Å². The number of nitrogens with one attached hydrogen (secondary N) is 1. The first-order chi connectivity index (χ1) is 13.6. The predicted molar refractivity (Wildman–Crippen MR) is 103 cm³/mol. The van der Waals surface area contributed by atoms with Gasteiger partial charge in [0.05, 0.1) is 11.3 Å². The lowest BCUT2D eigenvalue weighted by atomic mass is 10.0. The number of pyridine rings is 2. The molecule has 0 bridgehead atoms. The number of sulfonamides is 1. The Hall–Kier alpha value is -2.98. The van der Waals surface area contributed by atoms with Gasteiger partial charge in [-0.2, -0.15) is 0 Å². The number of hydrogen-bond donors (Lipinski definition) is 1. The van der Waals surface area contributed by atoms with Crippen LogP contribution >= 0.6 is 11.6 Å². The van der Waals surface area contributed by atoms with Crippen molar-refractivity contribution in [3.05, 3.63) is 53.9 Å². The number of rotatable bonds is 4. The summed E-state index contributed by atoms with van der Waals surface area (Å²) >= 11 is 6.31. The molecule has 1 aliphatic heterocycles. The van der Waals surface area contributed by atoms with Gasteiger partial charge in [-0.1, -0.05) is 17.7 Å². The highest BCUT2D eigenvalue weighted by molar-refractivity contribution is 7.92. The number of halogens is 3. The van der Waals surface area contributed by atoms with E-state index in [4.69, 9.17) is 11.6 Å². The van der Waals surface area contributed by atoms with Crippen molar-refractivity contribution in [1.82, 2.24) is 9.97 Å². The van der Waals surface area contributed by atoms with Crippen LogP contribution in [0.3, 0.4) is 0 Å². The number of benzene rings is 1. The number of ether oxygens (including phenoxy) is 2. The van der Waals surface area contributed by atoms with Gasteiger partial charge >= 0.3 is 6.29 Å². The fourth-order valence-electron chi connectivity index (χ4n) is 2.84. The Morgan fingerprint density at radius 3 is 2.48 bits per heavy atom. The fraction of sp³-hybridized carbons (Fsp3) is 0.111. The third-order valence-electron chi connectivity index (χ3n) is 3.94. The maximum absolute atomic E-state index is 13.4. The summed E-state index contributed by atoms with van der Waals surface area (Å²) in [5.41, 5.74) is 2.29. The van der Waals surface area contributed by atoms with E-state index in [0.29, 0.717) is 27.9 Å². The van der Waals surface area contributed by atoms with Crippen LogP contribution in [0.4, 0.5) is 14.5 Å². The maximum Gasteiger partial charge on any atom is 0.587 e. The first-order valence-electron chi connectivity index (χ1n) is 8.09. The third-order valence-corrected chi connectivity index (χ3v) is 4.86. The highest BCUT2D eigenvalue weighted by atomic mass is 35.5. The minimum absolute atomic E-state index is 0.185. The monoisotopic (exact) mass is 439 g/mol. The molecule has 0 amide bonds. The molecule has 29 heavy (non-hydrogen) atoms. The van der Waals surface area contributed by atoms with Crippen molar-refractivity contribution in [2.24, 2.45) is 0 Å². The highest BCUT2D eigenvalue weighted by Crippen LogP contribution is 2.46. The Balaban J connectivity index is 1.73. The predicted octanol–water partition coefficient (Wildman–Crippen LogP) is 4.16. The first-order valence-corrected chi connectivity index (χ1v) is 10.4. The van der Waals surface area contributed by atoms with Gasteiger partial charge in [-0.05, 0) is 24.3 Å². The van der Waals surface area contributed by atoms with Gasteiger partial charge in [0.1, 0.15) is 0 Å². The molecule has 1 aromatic carbocycles. The summed E-state index contributed by atoms with van der Waals surface area (Å²) < 4.78 is 60.9. The topological polar surface area (TPSA) is 90.4 Å². The fourth-order valence-corrected chi connectivity index (χ4v) is 3.69. The molecule has 1 aliphatic rings. The smallest absolute Gasteiger partial charge is 0.393 e. The van der Waals surface area contributed by atoms with Gasteiger partial charge in [0.2, 0.25) is 15.8 Å². The number of anilines is 1. The van der Waals surface area contributed by atoms with Gasteiger partial charge in [0, 0.05) is 46.5 Å². The van der Waals surface area contributed by atoms with Gasteiger partial charge in [0.15, 0.2) is 0 Å². The van der Waals surface area contributed by atoms with Crippen LogP contribution in [0.25, 0.3) is 22.3 Å². The van der Waals surface area contributed by atoms with Crippen LogP contribution in [-0.4, -0.2) is 30.9 Å². The molecular formula is C18H12ClF2N3O4S. The Labute approximate surface area is 169 Å². The van der Waals surface area contributed by atoms with Crippen LogP contribution in [0.5, 0.6) is 11.6 Å². The molecule has 3 heterocycles. The summed E-state index contributed by atoms with van der Waals surface area (Å²) in [6.45, 7) is 0. The molecule has 0 unspecified atom stereocenters. The molecule has 2 aromatic heterocycles. The molecular weight excluding hydrogens is 428 g/mol. The van der Waals surface area contributed by atoms with Crippen LogP contribution in [0, 0.1) is 0 Å². The Morgan fingerprint density at radius 2 is 1.79 bits per heavy atom. The lowest BCUT2D eigenvalue weighted by Gasteiger charge is -2.10. The van der Waals surface area contributed by atoms with Crippen molar-refractivity contribution in [1.29, 1.82) is 0 Å². The van der Waals surface area contributed by atoms with Crippen LogP contribution in [-0.2, 0) is 10.0 Å². The number of alkyl halides is 2. The van der Waals surface area contributed by atoms with E-state index >= 15 is 0 Å². The molecule has 11 heteroatoms. The second kappa shape index (κ2) is 6.82. The molecule has 3 aromatic rings. The van der Waals surface area contributed by atoms with E-state index in [2.05, 4.69) is 24.2 Å². The molecule has 1 N–H and O–H groups in total. The van der Waals surface area contributed by atoms with Crippen LogP contribution in [0.15, 0.2) is 48.9 Å². The van der Waals surface area contributed by atoms with Crippen molar-refractivity contribution in [2.75, 3.05) is 11.0 Å². The van der Waals surface area contributed by atoms with E-state index in [1.165, 1.54) is 24.5 Å². The normalized spacial score (nSPS) is 14.6. The summed E-state index contributed by atoms with van der Waals surface area (Å²) in [7, 11) is -3.44. The van der Waals surface area contributed by atoms with E-state index in [1.54, 1.807) is 24.4 Å². The van der Waals surface area contributed by atoms with Gasteiger partial charge in [-0.25, -0.2) is 13.4 Å². The second-order valence-corrected chi connectivity index (χ2v) is 8.35. The molecule has 0 radical (unpaired) electrons. The molecule has 0 aliphatic carbocycles. The van der Waals surface area contributed by atoms with E-state index < -0.39 is 16.3 Å². The number of fused-ring (bicyclic) bond motifs is 1. The molecule has 0 saturated heterocycles. The lowest BCUT2D eigenvalue weighted by molar-refractivity contribution is -0.287. The van der Waals surface area contributed by atoms with E-state index in [0.717, 1.165) is 6.26 Å². The average Bonchev–Trinajstić information content (AvgIpc) is 2.94. The molecule has 0 spiro atoms. The van der Waals surface area contributed by atoms with Gasteiger partial charge in [-0.3, -0.25) is 9.71 Å². The quantitative estimate of drug-likeness (QED) is 0.656. The van der Waals surface area contributed by atoms with Crippen LogP contribution in [0.2, 0.25) is 5.02 Å². The number of aromatic nitrogens is 2. The average molecular weight is 440 g/mol. The standard InChI is InChI=1S/C18H12ClF2N3O4S/c1-29(25,26)24-12-2-3-13(15(19)7-12)10-6-11(9-22-8-10)14-4-5-23-17-16(14)27-18(20,21)28-17/h2-9,24H,1H3. The summed E-state index contributed by atoms with van der Waals surface area (Å²) in [5, 5.41) is 0.281. The zero-order valence-corrected chi connectivity index (χ0v) is 16.3. The Morgan fingerprint density at radius 1 is 1.07 bits per heavy atom. The van der Waals surface area contributed by atoms with Gasteiger partial charge in [0.25, 0.3) is 5.88 Å². The van der Waals surface area contributed by atoms with Crippen LogP contribution < -0.4 is 14.2 Å². The van der Waals surface area contributed by atoms with Gasteiger partial charge in [-0.15, -0.1) is 8.78 Å². The largest absolute Gasteiger partial charge is 0.587 e. The molecule has 0 atom stereocenters. The summed E-state index contributed by atoms with van der Waals surface area (Å²) in [6.07, 6.45) is 1.59.